The molecule has 1 rings (SSSR count). The molecule has 3 amide bonds. The first-order valence-electron chi connectivity index (χ1n) is 6.99. The fourth-order valence-electron chi connectivity index (χ4n) is 1.77. The van der Waals surface area contributed by atoms with Crippen LogP contribution >= 0.6 is 0 Å². The average Bonchev–Trinajstić information content (AvgIpc) is 2.36. The molecule has 0 aromatic heterocycles. The third-order valence-electron chi connectivity index (χ3n) is 2.87. The predicted octanol–water partition coefficient (Wildman–Crippen LogP) is 1.21. The van der Waals surface area contributed by atoms with Gasteiger partial charge in [-0.1, -0.05) is 0 Å². The van der Waals surface area contributed by atoms with Crippen molar-refractivity contribution >= 4 is 11.9 Å². The number of hydrogen-bond acceptors (Lipinski definition) is 2. The molecule has 0 spiro atoms. The summed E-state index contributed by atoms with van der Waals surface area (Å²) >= 11 is 0. The number of hydrogen-bond donors (Lipinski definition) is 3. The summed E-state index contributed by atoms with van der Waals surface area (Å²) in [4.78, 5) is 23.2. The van der Waals surface area contributed by atoms with Crippen LogP contribution in [0, 0.1) is 11.6 Å². The molecule has 0 bridgehead atoms. The SMILES string of the molecule is C[C@@H]([NH2+]CC(=O)NC(=O)NC(C)(C)C)c1ccc(F)c(F)c1. The number of nitrogens with one attached hydrogen (secondary N) is 2. The molecule has 0 fully saturated rings. The number of halogens is 2. The molecular formula is C15H22F2N3O2+. The molecule has 122 valence electrons. The summed E-state index contributed by atoms with van der Waals surface area (Å²) in [7, 11) is 0. The van der Waals surface area contributed by atoms with Gasteiger partial charge in [0.25, 0.3) is 5.91 Å². The number of quaternary nitrogens is 1. The fraction of sp³-hybridized carbons (Fsp3) is 0.467. The summed E-state index contributed by atoms with van der Waals surface area (Å²) in [5.41, 5.74) is 0.123. The van der Waals surface area contributed by atoms with Crippen LogP contribution in [-0.4, -0.2) is 24.0 Å². The topological polar surface area (TPSA) is 74.8 Å². The van der Waals surface area contributed by atoms with Gasteiger partial charge in [-0.2, -0.15) is 0 Å². The third-order valence-corrected chi connectivity index (χ3v) is 2.87. The van der Waals surface area contributed by atoms with Crippen molar-refractivity contribution in [2.24, 2.45) is 0 Å². The first-order chi connectivity index (χ1) is 10.1. The van der Waals surface area contributed by atoms with Gasteiger partial charge in [0.1, 0.15) is 6.04 Å². The molecule has 1 atom stereocenters. The zero-order valence-electron chi connectivity index (χ0n) is 13.2. The highest BCUT2D eigenvalue weighted by Gasteiger charge is 2.18. The molecule has 0 saturated carbocycles. The molecule has 0 aliphatic heterocycles. The van der Waals surface area contributed by atoms with Gasteiger partial charge in [0.05, 0.1) is 0 Å². The Balaban J connectivity index is 2.46. The highest BCUT2D eigenvalue weighted by Crippen LogP contribution is 2.12. The Labute approximate surface area is 128 Å². The van der Waals surface area contributed by atoms with Crippen LogP contribution in [0.15, 0.2) is 18.2 Å². The molecule has 7 heteroatoms. The van der Waals surface area contributed by atoms with Crippen molar-refractivity contribution in [3.05, 3.63) is 35.4 Å². The van der Waals surface area contributed by atoms with Crippen molar-refractivity contribution in [1.29, 1.82) is 0 Å². The molecule has 0 radical (unpaired) electrons. The molecule has 0 unspecified atom stereocenters. The van der Waals surface area contributed by atoms with E-state index in [1.807, 2.05) is 0 Å². The second-order valence-electron chi connectivity index (χ2n) is 6.15. The van der Waals surface area contributed by atoms with Crippen LogP contribution in [0.3, 0.4) is 0 Å². The highest BCUT2D eigenvalue weighted by molar-refractivity contribution is 5.94. The van der Waals surface area contributed by atoms with Crippen molar-refractivity contribution < 1.29 is 23.7 Å². The van der Waals surface area contributed by atoms with Crippen LogP contribution in [0.2, 0.25) is 0 Å². The molecule has 1 aromatic rings. The predicted molar refractivity (Wildman–Crippen MR) is 78.0 cm³/mol. The second kappa shape index (κ2) is 7.31. The summed E-state index contributed by atoms with van der Waals surface area (Å²) in [5, 5.41) is 6.45. The van der Waals surface area contributed by atoms with E-state index in [0.29, 0.717) is 5.56 Å². The van der Waals surface area contributed by atoms with Gasteiger partial charge in [-0.05, 0) is 45.9 Å². The number of amides is 3. The van der Waals surface area contributed by atoms with Crippen LogP contribution in [0.1, 0.15) is 39.3 Å². The maximum Gasteiger partial charge on any atom is 0.322 e. The van der Waals surface area contributed by atoms with Gasteiger partial charge in [-0.15, -0.1) is 0 Å². The minimum atomic E-state index is -0.924. The Morgan fingerprint density at radius 2 is 1.86 bits per heavy atom. The number of rotatable bonds is 4. The van der Waals surface area contributed by atoms with Crippen LogP contribution < -0.4 is 16.0 Å². The van der Waals surface area contributed by atoms with Crippen molar-refractivity contribution in [2.45, 2.75) is 39.3 Å². The summed E-state index contributed by atoms with van der Waals surface area (Å²) < 4.78 is 26.0. The molecule has 22 heavy (non-hydrogen) atoms. The Bertz CT molecular complexity index is 556. The third kappa shape index (κ3) is 6.17. The number of imide groups is 1. The van der Waals surface area contributed by atoms with Crippen LogP contribution in [0.4, 0.5) is 13.6 Å². The first-order valence-corrected chi connectivity index (χ1v) is 6.99. The van der Waals surface area contributed by atoms with Crippen molar-refractivity contribution in [3.8, 4) is 0 Å². The number of nitrogens with two attached hydrogens (primary N) is 1. The molecule has 0 heterocycles. The van der Waals surface area contributed by atoms with E-state index >= 15 is 0 Å². The lowest BCUT2D eigenvalue weighted by Crippen LogP contribution is -2.87. The number of carbonyl (C=O) groups is 2. The number of benzene rings is 1. The smallest absolute Gasteiger partial charge is 0.322 e. The Hall–Kier alpha value is -2.02. The number of urea groups is 1. The maximum atomic E-state index is 13.1. The minimum absolute atomic E-state index is 0.00226. The van der Waals surface area contributed by atoms with Gasteiger partial charge in [-0.25, -0.2) is 13.6 Å². The van der Waals surface area contributed by atoms with Crippen LogP contribution in [0.5, 0.6) is 0 Å². The van der Waals surface area contributed by atoms with Gasteiger partial charge < -0.3 is 10.6 Å². The van der Waals surface area contributed by atoms with E-state index in [9.17, 15) is 18.4 Å². The molecule has 5 nitrogen and oxygen atoms in total. The summed E-state index contributed by atoms with van der Waals surface area (Å²) in [5.74, 6) is -2.30. The monoisotopic (exact) mass is 314 g/mol. The van der Waals surface area contributed by atoms with E-state index in [2.05, 4.69) is 10.6 Å². The van der Waals surface area contributed by atoms with E-state index in [1.54, 1.807) is 33.0 Å². The highest BCUT2D eigenvalue weighted by atomic mass is 19.2. The zero-order valence-corrected chi connectivity index (χ0v) is 13.2. The van der Waals surface area contributed by atoms with Gasteiger partial charge in [0, 0.05) is 11.1 Å². The van der Waals surface area contributed by atoms with Crippen LogP contribution in [-0.2, 0) is 4.79 Å². The van der Waals surface area contributed by atoms with Gasteiger partial charge >= 0.3 is 6.03 Å². The average molecular weight is 314 g/mol. The lowest BCUT2D eigenvalue weighted by Gasteiger charge is -2.20. The molecular weight excluding hydrogens is 292 g/mol. The lowest BCUT2D eigenvalue weighted by atomic mass is 10.1. The van der Waals surface area contributed by atoms with Crippen molar-refractivity contribution in [1.82, 2.24) is 10.6 Å². The molecule has 0 aliphatic carbocycles. The zero-order chi connectivity index (χ0) is 16.9. The summed E-state index contributed by atoms with van der Waals surface area (Å²) in [6, 6.07) is 2.80. The van der Waals surface area contributed by atoms with E-state index < -0.39 is 29.1 Å². The quantitative estimate of drug-likeness (QED) is 0.781. The van der Waals surface area contributed by atoms with E-state index in [1.165, 1.54) is 6.07 Å². The van der Waals surface area contributed by atoms with E-state index in [-0.39, 0.29) is 12.6 Å². The van der Waals surface area contributed by atoms with E-state index in [4.69, 9.17) is 0 Å². The Morgan fingerprint density at radius 3 is 2.41 bits per heavy atom. The first kappa shape index (κ1) is 18.0. The normalized spacial score (nSPS) is 12.6. The maximum absolute atomic E-state index is 13.1. The summed E-state index contributed by atoms with van der Waals surface area (Å²) in [6.07, 6.45) is 0. The number of carbonyl (C=O) groups excluding carboxylic acids is 2. The van der Waals surface area contributed by atoms with Gasteiger partial charge in [0.2, 0.25) is 0 Å². The second-order valence-corrected chi connectivity index (χ2v) is 6.15. The minimum Gasteiger partial charge on any atom is -0.333 e. The molecule has 4 N–H and O–H groups in total. The lowest BCUT2D eigenvalue weighted by molar-refractivity contribution is -0.682. The Kier molecular flexibility index (Phi) is 5.99. The summed E-state index contributed by atoms with van der Waals surface area (Å²) in [6.45, 7) is 7.16. The standard InChI is InChI=1S/C15H21F2N3O2/c1-9(10-5-6-11(16)12(17)7-10)18-8-13(21)19-14(22)20-15(2,3)4/h5-7,9,18H,8H2,1-4H3,(H2,19,20,21,22)/p+1/t9-/m1/s1. The largest absolute Gasteiger partial charge is 0.333 e. The van der Waals surface area contributed by atoms with Gasteiger partial charge in [0.15, 0.2) is 18.2 Å². The fourth-order valence-corrected chi connectivity index (χ4v) is 1.77. The molecule has 0 saturated heterocycles. The van der Waals surface area contributed by atoms with Crippen molar-refractivity contribution in [2.75, 3.05) is 6.54 Å². The van der Waals surface area contributed by atoms with E-state index in [0.717, 1.165) is 12.1 Å². The molecule has 1 aromatic carbocycles. The molecule has 0 aliphatic rings. The Morgan fingerprint density at radius 1 is 1.23 bits per heavy atom. The van der Waals surface area contributed by atoms with Crippen LogP contribution in [0.25, 0.3) is 0 Å². The van der Waals surface area contributed by atoms with Crippen molar-refractivity contribution in [3.63, 3.8) is 0 Å². The van der Waals surface area contributed by atoms with Gasteiger partial charge in [-0.3, -0.25) is 10.1 Å².